The lowest BCUT2D eigenvalue weighted by atomic mass is 10.0. The number of anilines is 2. The van der Waals surface area contributed by atoms with Gasteiger partial charge in [0.1, 0.15) is 11.6 Å². The fourth-order valence-electron chi connectivity index (χ4n) is 3.91. The Morgan fingerprint density at radius 2 is 1.94 bits per heavy atom. The van der Waals surface area contributed by atoms with Crippen LogP contribution in [-0.4, -0.2) is 34.5 Å². The van der Waals surface area contributed by atoms with Gasteiger partial charge >= 0.3 is 5.51 Å². The van der Waals surface area contributed by atoms with E-state index < -0.39 is 17.2 Å². The van der Waals surface area contributed by atoms with Crippen molar-refractivity contribution in [3.05, 3.63) is 66.4 Å². The number of halogens is 4. The van der Waals surface area contributed by atoms with Crippen molar-refractivity contribution in [2.45, 2.75) is 30.2 Å². The molecule has 1 atom stereocenters. The van der Waals surface area contributed by atoms with Crippen molar-refractivity contribution in [3.8, 4) is 11.1 Å². The molecule has 178 valence electrons. The van der Waals surface area contributed by atoms with E-state index in [1.165, 1.54) is 42.7 Å². The molecule has 5 nitrogen and oxygen atoms in total. The zero-order valence-electron chi connectivity index (χ0n) is 18.3. The average Bonchev–Trinajstić information content (AvgIpc) is 3.28. The third-order valence-corrected chi connectivity index (χ3v) is 6.39. The molecule has 3 heterocycles. The summed E-state index contributed by atoms with van der Waals surface area (Å²) < 4.78 is 51.5. The van der Waals surface area contributed by atoms with Crippen molar-refractivity contribution < 1.29 is 22.4 Å². The van der Waals surface area contributed by atoms with Crippen LogP contribution in [0.2, 0.25) is 0 Å². The maximum atomic E-state index is 13.9. The first kappa shape index (κ1) is 24.0. The lowest BCUT2D eigenvalue weighted by Crippen LogP contribution is -2.22. The molecule has 4 rings (SSSR count). The summed E-state index contributed by atoms with van der Waals surface area (Å²) in [6.07, 6.45) is 6.17. The molecule has 2 aromatic heterocycles. The summed E-state index contributed by atoms with van der Waals surface area (Å²) >= 11 is -0.223. The lowest BCUT2D eigenvalue weighted by Gasteiger charge is -2.21. The highest BCUT2D eigenvalue weighted by Gasteiger charge is 2.29. The predicted molar refractivity (Wildman–Crippen MR) is 124 cm³/mol. The number of amides is 1. The number of nitrogens with zero attached hydrogens (tertiary/aromatic N) is 3. The minimum absolute atomic E-state index is 0.0217. The maximum absolute atomic E-state index is 13.9. The van der Waals surface area contributed by atoms with Crippen LogP contribution in [0.25, 0.3) is 11.1 Å². The van der Waals surface area contributed by atoms with Gasteiger partial charge in [0.05, 0.1) is 11.8 Å². The molecule has 1 saturated heterocycles. The van der Waals surface area contributed by atoms with Gasteiger partial charge in [-0.15, -0.1) is 0 Å². The second-order valence-corrected chi connectivity index (χ2v) is 9.16. The van der Waals surface area contributed by atoms with E-state index in [4.69, 9.17) is 0 Å². The molecular formula is C24H22F4N4OS. The van der Waals surface area contributed by atoms with Gasteiger partial charge in [0, 0.05) is 47.2 Å². The average molecular weight is 491 g/mol. The third kappa shape index (κ3) is 5.85. The number of benzene rings is 1. The summed E-state index contributed by atoms with van der Waals surface area (Å²) in [5, 5.41) is 2.67. The first-order chi connectivity index (χ1) is 16.2. The molecule has 1 fully saturated rings. The number of thioether (sulfide) groups is 1. The third-order valence-electron chi connectivity index (χ3n) is 5.65. The summed E-state index contributed by atoms with van der Waals surface area (Å²) in [6.45, 7) is 3.78. The number of hydrogen-bond donors (Lipinski definition) is 1. The Morgan fingerprint density at radius 1 is 1.18 bits per heavy atom. The second-order valence-electron chi connectivity index (χ2n) is 8.02. The molecule has 1 amide bonds. The number of carbonyl (C=O) groups is 1. The molecule has 3 aromatic rings. The SMILES string of the molecule is CC[C@H]1CCN(c2ncc(C(=O)Nc3ccc(SC(F)(F)F)cc3)cc2-c2cncc(F)c2)C1. The molecule has 0 bridgehead atoms. The first-order valence-corrected chi connectivity index (χ1v) is 11.6. The predicted octanol–water partition coefficient (Wildman–Crippen LogP) is 6.38. The van der Waals surface area contributed by atoms with Crippen molar-refractivity contribution in [1.29, 1.82) is 0 Å². The monoisotopic (exact) mass is 490 g/mol. The molecule has 1 aliphatic heterocycles. The molecule has 0 saturated carbocycles. The highest BCUT2D eigenvalue weighted by molar-refractivity contribution is 8.00. The fourth-order valence-corrected chi connectivity index (χ4v) is 4.45. The summed E-state index contributed by atoms with van der Waals surface area (Å²) in [7, 11) is 0. The number of aromatic nitrogens is 2. The van der Waals surface area contributed by atoms with Crippen LogP contribution in [0.4, 0.5) is 29.1 Å². The Kier molecular flexibility index (Phi) is 7.06. The topological polar surface area (TPSA) is 58.1 Å². The van der Waals surface area contributed by atoms with E-state index in [2.05, 4.69) is 27.1 Å². The Hall–Kier alpha value is -3.14. The zero-order valence-corrected chi connectivity index (χ0v) is 19.1. The number of alkyl halides is 3. The molecular weight excluding hydrogens is 468 g/mol. The van der Waals surface area contributed by atoms with Crippen LogP contribution in [0.15, 0.2) is 59.9 Å². The minimum Gasteiger partial charge on any atom is -0.356 e. The molecule has 10 heteroatoms. The molecule has 1 N–H and O–H groups in total. The summed E-state index contributed by atoms with van der Waals surface area (Å²) in [5.74, 6) is 0.229. The molecule has 34 heavy (non-hydrogen) atoms. The van der Waals surface area contributed by atoms with E-state index in [0.717, 1.165) is 32.1 Å². The van der Waals surface area contributed by atoms with Gasteiger partial charge < -0.3 is 10.2 Å². The van der Waals surface area contributed by atoms with E-state index in [1.54, 1.807) is 6.07 Å². The largest absolute Gasteiger partial charge is 0.446 e. The van der Waals surface area contributed by atoms with Crippen molar-refractivity contribution in [2.24, 2.45) is 5.92 Å². The van der Waals surface area contributed by atoms with E-state index in [1.807, 2.05) is 0 Å². The van der Waals surface area contributed by atoms with Gasteiger partial charge in [-0.1, -0.05) is 13.3 Å². The number of pyridine rings is 2. The van der Waals surface area contributed by atoms with Gasteiger partial charge in [-0.25, -0.2) is 9.37 Å². The Balaban J connectivity index is 1.59. The highest BCUT2D eigenvalue weighted by atomic mass is 32.2. The summed E-state index contributed by atoms with van der Waals surface area (Å²) in [6, 6.07) is 8.37. The van der Waals surface area contributed by atoms with Gasteiger partial charge in [-0.2, -0.15) is 13.2 Å². The normalized spacial score (nSPS) is 16.0. The quantitative estimate of drug-likeness (QED) is 0.321. The molecule has 0 spiro atoms. The standard InChI is InChI=1S/C24H22F4N4OS/c1-2-15-7-8-32(14-15)22-21(16-9-18(25)13-29-11-16)10-17(12-30-22)23(33)31-19-3-5-20(6-4-19)34-24(26,27)28/h3-6,9-13,15H,2,7-8,14H2,1H3,(H,31,33)/t15-/m0/s1. The number of carbonyl (C=O) groups excluding carboxylic acids is 1. The second kappa shape index (κ2) is 10.0. The van der Waals surface area contributed by atoms with Gasteiger partial charge in [0.15, 0.2) is 0 Å². The van der Waals surface area contributed by atoms with E-state index in [9.17, 15) is 22.4 Å². The molecule has 0 unspecified atom stereocenters. The van der Waals surface area contributed by atoms with Gasteiger partial charge in [0.2, 0.25) is 0 Å². The van der Waals surface area contributed by atoms with Crippen LogP contribution < -0.4 is 10.2 Å². The number of hydrogen-bond acceptors (Lipinski definition) is 5. The number of rotatable bonds is 6. The van der Waals surface area contributed by atoms with Gasteiger partial charge in [-0.3, -0.25) is 9.78 Å². The van der Waals surface area contributed by atoms with E-state index >= 15 is 0 Å². The van der Waals surface area contributed by atoms with E-state index in [0.29, 0.717) is 28.6 Å². The van der Waals surface area contributed by atoms with Crippen LogP contribution in [0.3, 0.4) is 0 Å². The van der Waals surface area contributed by atoms with Crippen molar-refractivity contribution in [1.82, 2.24) is 9.97 Å². The Morgan fingerprint density at radius 3 is 2.59 bits per heavy atom. The molecule has 0 aliphatic carbocycles. The fraction of sp³-hybridized carbons (Fsp3) is 0.292. The smallest absolute Gasteiger partial charge is 0.356 e. The maximum Gasteiger partial charge on any atom is 0.446 e. The Bertz CT molecular complexity index is 1170. The van der Waals surface area contributed by atoms with Crippen molar-refractivity contribution in [3.63, 3.8) is 0 Å². The Labute approximate surface area is 198 Å². The zero-order chi connectivity index (χ0) is 24.3. The first-order valence-electron chi connectivity index (χ1n) is 10.7. The van der Waals surface area contributed by atoms with Crippen LogP contribution in [-0.2, 0) is 0 Å². The van der Waals surface area contributed by atoms with Gasteiger partial charge in [-0.05, 0) is 60.5 Å². The van der Waals surface area contributed by atoms with Gasteiger partial charge in [0.25, 0.3) is 5.91 Å². The van der Waals surface area contributed by atoms with Crippen LogP contribution >= 0.6 is 11.8 Å². The summed E-state index contributed by atoms with van der Waals surface area (Å²) in [5.41, 5.74) is -2.70. The van der Waals surface area contributed by atoms with Crippen LogP contribution in [0.1, 0.15) is 30.1 Å². The van der Waals surface area contributed by atoms with Crippen molar-refractivity contribution in [2.75, 3.05) is 23.3 Å². The number of nitrogens with one attached hydrogen (secondary N) is 1. The molecule has 1 aliphatic rings. The highest BCUT2D eigenvalue weighted by Crippen LogP contribution is 2.37. The molecule has 0 radical (unpaired) electrons. The lowest BCUT2D eigenvalue weighted by molar-refractivity contribution is -0.0328. The van der Waals surface area contributed by atoms with E-state index in [-0.39, 0.29) is 22.2 Å². The minimum atomic E-state index is -4.38. The van der Waals surface area contributed by atoms with Crippen LogP contribution in [0.5, 0.6) is 0 Å². The summed E-state index contributed by atoms with van der Waals surface area (Å²) in [4.78, 5) is 23.5. The van der Waals surface area contributed by atoms with Crippen LogP contribution in [0, 0.1) is 11.7 Å². The molecule has 1 aromatic carbocycles. The van der Waals surface area contributed by atoms with Crippen molar-refractivity contribution >= 4 is 29.2 Å².